The highest BCUT2D eigenvalue weighted by Gasteiger charge is 2.39. The van der Waals surface area contributed by atoms with Gasteiger partial charge < -0.3 is 19.7 Å². The van der Waals surface area contributed by atoms with Crippen molar-refractivity contribution in [2.45, 2.75) is 64.4 Å². The van der Waals surface area contributed by atoms with E-state index in [1.165, 1.54) is 30.2 Å². The van der Waals surface area contributed by atoms with Crippen LogP contribution in [-0.2, 0) is 24.5 Å². The monoisotopic (exact) mass is 651 g/mol. The number of carbonyl (C=O) groups excluding carboxylic acids is 2. The van der Waals surface area contributed by atoms with Crippen LogP contribution in [0.2, 0.25) is 0 Å². The molecule has 0 aliphatic carbocycles. The second kappa shape index (κ2) is 14.7. The number of non-ortho nitro benzene ring substituents is 1. The first-order valence-electron chi connectivity index (χ1n) is 16.5. The normalized spacial score (nSPS) is 18.3. The van der Waals surface area contributed by atoms with E-state index in [0.29, 0.717) is 29.1 Å². The molecule has 1 atom stereocenters. The Kier molecular flexibility index (Phi) is 10.6. The molecule has 9 nitrogen and oxygen atoms in total. The van der Waals surface area contributed by atoms with Gasteiger partial charge in [-0.05, 0) is 77.2 Å². The van der Waals surface area contributed by atoms with E-state index in [1.807, 2.05) is 0 Å². The highest BCUT2D eigenvalue weighted by atomic mass is 16.6. The van der Waals surface area contributed by atoms with Crippen LogP contribution in [-0.4, -0.2) is 60.0 Å². The highest BCUT2D eigenvalue weighted by molar-refractivity contribution is 6.02. The molecule has 48 heavy (non-hydrogen) atoms. The molecule has 2 aliphatic rings. The maximum atomic E-state index is 13.5. The molecule has 3 aromatic rings. The third-order valence-electron chi connectivity index (χ3n) is 9.22. The summed E-state index contributed by atoms with van der Waals surface area (Å²) >= 11 is 0. The predicted molar refractivity (Wildman–Crippen MR) is 185 cm³/mol. The molecular formula is C39H45N3O6. The Morgan fingerprint density at radius 2 is 1.54 bits per heavy atom. The maximum Gasteiger partial charge on any atom is 0.337 e. The van der Waals surface area contributed by atoms with E-state index in [-0.39, 0.29) is 29.1 Å². The first-order chi connectivity index (χ1) is 22.9. The van der Waals surface area contributed by atoms with Crippen molar-refractivity contribution >= 4 is 17.4 Å². The average Bonchev–Trinajstić information content (AvgIpc) is 3.06. The highest BCUT2D eigenvalue weighted by Crippen LogP contribution is 2.42. The number of nitro groups is 1. The number of carbonyl (C=O) groups is 2. The molecular weight excluding hydrogens is 606 g/mol. The Morgan fingerprint density at radius 1 is 0.938 bits per heavy atom. The van der Waals surface area contributed by atoms with Gasteiger partial charge >= 0.3 is 5.97 Å². The number of hydrogen-bond donors (Lipinski definition) is 1. The van der Waals surface area contributed by atoms with Crippen LogP contribution >= 0.6 is 0 Å². The second-order valence-corrected chi connectivity index (χ2v) is 13.6. The molecule has 2 aliphatic heterocycles. The zero-order valence-electron chi connectivity index (χ0n) is 28.5. The fraction of sp³-hybridized carbons (Fsp3) is 0.385. The summed E-state index contributed by atoms with van der Waals surface area (Å²) in [5.41, 5.74) is 3.82. The lowest BCUT2D eigenvalue weighted by Crippen LogP contribution is -2.44. The van der Waals surface area contributed by atoms with Crippen LogP contribution in [0.1, 0.15) is 70.1 Å². The molecule has 252 valence electrons. The number of nitro benzene ring substituents is 1. The van der Waals surface area contributed by atoms with E-state index >= 15 is 0 Å². The average molecular weight is 652 g/mol. The van der Waals surface area contributed by atoms with Gasteiger partial charge in [-0.15, -0.1) is 0 Å². The van der Waals surface area contributed by atoms with Gasteiger partial charge in [-0.1, -0.05) is 72.8 Å². The SMILES string of the molecule is CC(=O)C1=C(COCCN2CCC(c3ccccc3)(c3ccccc3)CC2)NC(C)=C(C(=O)OC(C)(C)C)C1c1cccc([N+](=O)[O-])c1. The summed E-state index contributed by atoms with van der Waals surface area (Å²) in [6.07, 6.45) is 1.98. The molecule has 0 saturated carbocycles. The van der Waals surface area contributed by atoms with Gasteiger partial charge in [0.2, 0.25) is 0 Å². The van der Waals surface area contributed by atoms with Crippen molar-refractivity contribution in [3.05, 3.63) is 134 Å². The van der Waals surface area contributed by atoms with Gasteiger partial charge in [0.05, 0.1) is 23.7 Å². The number of benzene rings is 3. The molecule has 9 heteroatoms. The number of hydrogen-bond acceptors (Lipinski definition) is 8. The summed E-state index contributed by atoms with van der Waals surface area (Å²) < 4.78 is 11.9. The quantitative estimate of drug-likeness (QED) is 0.104. The van der Waals surface area contributed by atoms with Crippen molar-refractivity contribution in [3.8, 4) is 0 Å². The number of ether oxygens (including phenoxy) is 2. The molecule has 0 bridgehead atoms. The number of allylic oxidation sites excluding steroid dienone is 2. The van der Waals surface area contributed by atoms with Crippen molar-refractivity contribution < 1.29 is 24.0 Å². The summed E-state index contributed by atoms with van der Waals surface area (Å²) in [6, 6.07) is 27.6. The number of piperidine rings is 1. The Labute approximate surface area is 282 Å². The molecule has 5 rings (SSSR count). The van der Waals surface area contributed by atoms with Gasteiger partial charge in [0.25, 0.3) is 5.69 Å². The summed E-state index contributed by atoms with van der Waals surface area (Å²) in [5, 5.41) is 14.9. The number of nitrogens with one attached hydrogen (secondary N) is 1. The Hall–Kier alpha value is -4.60. The van der Waals surface area contributed by atoms with Crippen molar-refractivity contribution in [1.29, 1.82) is 0 Å². The summed E-state index contributed by atoms with van der Waals surface area (Å²) in [7, 11) is 0. The lowest BCUT2D eigenvalue weighted by molar-refractivity contribution is -0.384. The first kappa shape index (κ1) is 34.7. The van der Waals surface area contributed by atoms with Gasteiger partial charge in [0, 0.05) is 47.0 Å². The van der Waals surface area contributed by atoms with Crippen LogP contribution in [0.25, 0.3) is 0 Å². The number of Topliss-reactive ketones (excluding diaryl/α,β-unsaturated/α-hetero) is 1. The number of dihydropyridines is 1. The minimum atomic E-state index is -0.858. The molecule has 0 spiro atoms. The van der Waals surface area contributed by atoms with Crippen LogP contribution in [0.4, 0.5) is 5.69 Å². The number of ketones is 1. The van der Waals surface area contributed by atoms with E-state index in [1.54, 1.807) is 39.8 Å². The number of nitrogens with zero attached hydrogens (tertiary/aromatic N) is 2. The lowest BCUT2D eigenvalue weighted by atomic mass is 9.68. The second-order valence-electron chi connectivity index (χ2n) is 13.6. The molecule has 0 aromatic heterocycles. The molecule has 0 amide bonds. The maximum absolute atomic E-state index is 13.5. The van der Waals surface area contributed by atoms with Crippen molar-refractivity contribution in [2.24, 2.45) is 0 Å². The fourth-order valence-electron chi connectivity index (χ4n) is 6.97. The van der Waals surface area contributed by atoms with E-state index in [2.05, 4.69) is 70.9 Å². The third kappa shape index (κ3) is 7.75. The molecule has 1 saturated heterocycles. The van der Waals surface area contributed by atoms with Gasteiger partial charge in [-0.3, -0.25) is 14.9 Å². The summed E-state index contributed by atoms with van der Waals surface area (Å²) in [5.74, 6) is -1.71. The van der Waals surface area contributed by atoms with Crippen molar-refractivity contribution in [3.63, 3.8) is 0 Å². The minimum Gasteiger partial charge on any atom is -0.457 e. The zero-order chi connectivity index (χ0) is 34.5. The van der Waals surface area contributed by atoms with E-state index < -0.39 is 22.4 Å². The Balaban J connectivity index is 1.32. The lowest BCUT2D eigenvalue weighted by Gasteiger charge is -2.43. The van der Waals surface area contributed by atoms with Crippen LogP contribution in [0, 0.1) is 10.1 Å². The van der Waals surface area contributed by atoms with Crippen LogP contribution in [0.3, 0.4) is 0 Å². The minimum absolute atomic E-state index is 0.0374. The predicted octanol–water partition coefficient (Wildman–Crippen LogP) is 6.84. The van der Waals surface area contributed by atoms with E-state index in [4.69, 9.17) is 9.47 Å². The smallest absolute Gasteiger partial charge is 0.337 e. The van der Waals surface area contributed by atoms with Crippen molar-refractivity contribution in [2.75, 3.05) is 32.8 Å². The first-order valence-corrected chi connectivity index (χ1v) is 16.5. The Morgan fingerprint density at radius 3 is 2.08 bits per heavy atom. The molecule has 3 aromatic carbocycles. The number of esters is 1. The van der Waals surface area contributed by atoms with Gasteiger partial charge in [0.15, 0.2) is 5.78 Å². The topological polar surface area (TPSA) is 111 Å². The molecule has 1 N–H and O–H groups in total. The summed E-state index contributed by atoms with van der Waals surface area (Å²) in [6.45, 7) is 11.6. The van der Waals surface area contributed by atoms with E-state index in [0.717, 1.165) is 32.5 Å². The number of rotatable bonds is 11. The van der Waals surface area contributed by atoms with Gasteiger partial charge in [0.1, 0.15) is 5.60 Å². The third-order valence-corrected chi connectivity index (χ3v) is 9.22. The van der Waals surface area contributed by atoms with Crippen LogP contribution < -0.4 is 5.32 Å². The fourth-order valence-corrected chi connectivity index (χ4v) is 6.97. The largest absolute Gasteiger partial charge is 0.457 e. The van der Waals surface area contributed by atoms with Crippen molar-refractivity contribution in [1.82, 2.24) is 10.2 Å². The molecule has 1 fully saturated rings. The molecule has 2 heterocycles. The Bertz CT molecular complexity index is 1660. The molecule has 0 radical (unpaired) electrons. The standard InChI is InChI=1S/C39H45N3O6/c1-27-34(37(44)48-38(3,4)5)36(29-13-12-18-32(25-29)42(45)46)35(28(2)43)33(40-27)26-47-24-23-41-21-19-39(20-22-41,30-14-8-6-9-15-30)31-16-10-7-11-17-31/h6-18,25,36,40H,19-24,26H2,1-5H3. The zero-order valence-corrected chi connectivity index (χ0v) is 28.5. The van der Waals surface area contributed by atoms with Gasteiger partial charge in [-0.2, -0.15) is 0 Å². The molecule has 1 unspecified atom stereocenters. The number of likely N-dealkylation sites (tertiary alicyclic amines) is 1. The van der Waals surface area contributed by atoms with Crippen LogP contribution in [0.5, 0.6) is 0 Å². The van der Waals surface area contributed by atoms with Crippen LogP contribution in [0.15, 0.2) is 107 Å². The van der Waals surface area contributed by atoms with E-state index in [9.17, 15) is 19.7 Å². The summed E-state index contributed by atoms with van der Waals surface area (Å²) in [4.78, 5) is 40.4. The van der Waals surface area contributed by atoms with Gasteiger partial charge in [-0.25, -0.2) is 4.79 Å².